The van der Waals surface area contributed by atoms with Gasteiger partial charge in [0.25, 0.3) is 0 Å². The highest BCUT2D eigenvalue weighted by Crippen LogP contribution is 2.39. The summed E-state index contributed by atoms with van der Waals surface area (Å²) in [5, 5.41) is 9.29. The first-order valence-electron chi connectivity index (χ1n) is 6.88. The fourth-order valence-electron chi connectivity index (χ4n) is 2.95. The van der Waals surface area contributed by atoms with Gasteiger partial charge in [-0.05, 0) is 35.3 Å². The van der Waals surface area contributed by atoms with Gasteiger partial charge in [0.1, 0.15) is 0 Å². The Bertz CT molecular complexity index is 459. The number of nitrogens with two attached hydrogens (primary N) is 1. The van der Waals surface area contributed by atoms with Gasteiger partial charge in [0.05, 0.1) is 5.92 Å². The van der Waals surface area contributed by atoms with Gasteiger partial charge in [0, 0.05) is 6.04 Å². The molecule has 1 aromatic rings. The number of aliphatic carboxylic acids is 1. The molecule has 0 radical (unpaired) electrons. The molecular formula is C16H23NO2. The topological polar surface area (TPSA) is 63.3 Å². The minimum absolute atomic E-state index is 0.00777. The van der Waals surface area contributed by atoms with Crippen molar-refractivity contribution in [3.8, 4) is 0 Å². The summed E-state index contributed by atoms with van der Waals surface area (Å²) < 4.78 is 0. The fourth-order valence-corrected chi connectivity index (χ4v) is 2.95. The van der Waals surface area contributed by atoms with E-state index in [1.165, 1.54) is 5.56 Å². The highest BCUT2D eigenvalue weighted by Gasteiger charge is 2.38. The van der Waals surface area contributed by atoms with E-state index < -0.39 is 5.97 Å². The highest BCUT2D eigenvalue weighted by molar-refractivity contribution is 5.72. The van der Waals surface area contributed by atoms with E-state index in [0.717, 1.165) is 12.0 Å². The lowest BCUT2D eigenvalue weighted by molar-refractivity contribution is -0.142. The summed E-state index contributed by atoms with van der Waals surface area (Å²) in [4.78, 5) is 11.3. The molecule has 3 nitrogen and oxygen atoms in total. The summed E-state index contributed by atoms with van der Waals surface area (Å²) in [5.41, 5.74) is 8.42. The molecule has 0 amide bonds. The van der Waals surface area contributed by atoms with Crippen molar-refractivity contribution in [2.75, 3.05) is 0 Å². The fraction of sp³-hybridized carbons (Fsp3) is 0.562. The summed E-state index contributed by atoms with van der Waals surface area (Å²) in [5.74, 6) is -1.00. The molecular weight excluding hydrogens is 238 g/mol. The molecule has 1 fully saturated rings. The first-order valence-corrected chi connectivity index (χ1v) is 6.88. The molecule has 0 bridgehead atoms. The largest absolute Gasteiger partial charge is 0.481 e. The monoisotopic (exact) mass is 261 g/mol. The van der Waals surface area contributed by atoms with Crippen LogP contribution in [0.15, 0.2) is 24.3 Å². The zero-order valence-corrected chi connectivity index (χ0v) is 11.9. The molecule has 104 valence electrons. The molecule has 19 heavy (non-hydrogen) atoms. The molecule has 1 saturated carbocycles. The van der Waals surface area contributed by atoms with E-state index in [2.05, 4.69) is 45.0 Å². The molecule has 0 aromatic heterocycles. The lowest BCUT2D eigenvalue weighted by atomic mass is 9.83. The summed E-state index contributed by atoms with van der Waals surface area (Å²) in [6.45, 7) is 6.52. The van der Waals surface area contributed by atoms with E-state index in [0.29, 0.717) is 6.42 Å². The standard InChI is InChI=1S/C16H23NO2/c1-16(2,3)11-6-4-10(5-7-11)13-8-12(17)9-14(13)15(18)19/h4-7,12-14H,8-9,17H2,1-3H3,(H,18,19)/t12-,13+,14-/m0/s1. The molecule has 1 aliphatic carbocycles. The van der Waals surface area contributed by atoms with Crippen LogP contribution in [-0.4, -0.2) is 17.1 Å². The summed E-state index contributed by atoms with van der Waals surface area (Å²) in [6, 6.07) is 8.36. The first kappa shape index (κ1) is 14.1. The third-order valence-electron chi connectivity index (χ3n) is 4.12. The van der Waals surface area contributed by atoms with Gasteiger partial charge in [-0.3, -0.25) is 4.79 Å². The molecule has 3 N–H and O–H groups in total. The first-order chi connectivity index (χ1) is 8.79. The molecule has 0 spiro atoms. The zero-order chi connectivity index (χ0) is 14.2. The zero-order valence-electron chi connectivity index (χ0n) is 11.9. The van der Waals surface area contributed by atoms with Gasteiger partial charge in [-0.1, -0.05) is 45.0 Å². The lowest BCUT2D eigenvalue weighted by Gasteiger charge is -2.21. The van der Waals surface area contributed by atoms with Gasteiger partial charge in [-0.25, -0.2) is 0 Å². The van der Waals surface area contributed by atoms with Crippen molar-refractivity contribution in [3.05, 3.63) is 35.4 Å². The number of benzene rings is 1. The minimum atomic E-state index is -0.724. The smallest absolute Gasteiger partial charge is 0.307 e. The van der Waals surface area contributed by atoms with Gasteiger partial charge >= 0.3 is 5.97 Å². The Morgan fingerprint density at radius 3 is 2.26 bits per heavy atom. The number of hydrogen-bond donors (Lipinski definition) is 2. The van der Waals surface area contributed by atoms with Gasteiger partial charge in [-0.2, -0.15) is 0 Å². The predicted octanol–water partition coefficient (Wildman–Crippen LogP) is 2.89. The number of hydrogen-bond acceptors (Lipinski definition) is 2. The van der Waals surface area contributed by atoms with Gasteiger partial charge in [0.2, 0.25) is 0 Å². The van der Waals surface area contributed by atoms with Crippen molar-refractivity contribution >= 4 is 5.97 Å². The van der Waals surface area contributed by atoms with E-state index >= 15 is 0 Å². The minimum Gasteiger partial charge on any atom is -0.481 e. The van der Waals surface area contributed by atoms with E-state index in [9.17, 15) is 9.90 Å². The maximum absolute atomic E-state index is 11.3. The van der Waals surface area contributed by atoms with Crippen molar-refractivity contribution < 1.29 is 9.90 Å². The van der Waals surface area contributed by atoms with E-state index in [1.54, 1.807) is 0 Å². The molecule has 0 heterocycles. The number of carbonyl (C=O) groups is 1. The maximum atomic E-state index is 11.3. The molecule has 2 rings (SSSR count). The SMILES string of the molecule is CC(C)(C)c1ccc([C@H]2C[C@H](N)C[C@@H]2C(=O)O)cc1. The van der Waals surface area contributed by atoms with Crippen molar-refractivity contribution in [1.29, 1.82) is 0 Å². The summed E-state index contributed by atoms with van der Waals surface area (Å²) in [7, 11) is 0. The lowest BCUT2D eigenvalue weighted by Crippen LogP contribution is -2.18. The van der Waals surface area contributed by atoms with Crippen LogP contribution in [0.4, 0.5) is 0 Å². The Kier molecular flexibility index (Phi) is 3.68. The van der Waals surface area contributed by atoms with Crippen LogP contribution in [0.25, 0.3) is 0 Å². The van der Waals surface area contributed by atoms with Crippen molar-refractivity contribution in [3.63, 3.8) is 0 Å². The van der Waals surface area contributed by atoms with Crippen LogP contribution in [0.3, 0.4) is 0 Å². The Balaban J connectivity index is 2.24. The molecule has 3 heteroatoms. The molecule has 3 atom stereocenters. The number of carboxylic acids is 1. The van der Waals surface area contributed by atoms with Crippen LogP contribution >= 0.6 is 0 Å². The summed E-state index contributed by atoms with van der Waals surface area (Å²) >= 11 is 0. The number of carboxylic acid groups (broad SMARTS) is 1. The molecule has 0 saturated heterocycles. The van der Waals surface area contributed by atoms with Gasteiger partial charge in [-0.15, -0.1) is 0 Å². The van der Waals surface area contributed by atoms with Crippen LogP contribution in [-0.2, 0) is 10.2 Å². The van der Waals surface area contributed by atoms with Crippen molar-refractivity contribution in [2.24, 2.45) is 11.7 Å². The van der Waals surface area contributed by atoms with E-state index in [-0.39, 0.29) is 23.3 Å². The third kappa shape index (κ3) is 2.98. The maximum Gasteiger partial charge on any atom is 0.307 e. The third-order valence-corrected chi connectivity index (χ3v) is 4.12. The molecule has 1 aromatic carbocycles. The molecule has 0 aliphatic heterocycles. The average molecular weight is 261 g/mol. The quantitative estimate of drug-likeness (QED) is 0.860. The number of rotatable bonds is 2. The second kappa shape index (κ2) is 4.97. The molecule has 1 aliphatic rings. The van der Waals surface area contributed by atoms with Crippen molar-refractivity contribution in [2.45, 2.75) is 51.0 Å². The second-order valence-electron chi connectivity index (χ2n) is 6.65. The Hall–Kier alpha value is -1.35. The Morgan fingerprint density at radius 2 is 1.79 bits per heavy atom. The second-order valence-corrected chi connectivity index (χ2v) is 6.65. The van der Waals surface area contributed by atoms with Crippen LogP contribution in [0.2, 0.25) is 0 Å². The van der Waals surface area contributed by atoms with Gasteiger partial charge in [0.15, 0.2) is 0 Å². The molecule has 0 unspecified atom stereocenters. The van der Waals surface area contributed by atoms with Crippen molar-refractivity contribution in [1.82, 2.24) is 0 Å². The Morgan fingerprint density at radius 1 is 1.21 bits per heavy atom. The predicted molar refractivity (Wildman–Crippen MR) is 76.2 cm³/mol. The normalized spacial score (nSPS) is 27.5. The highest BCUT2D eigenvalue weighted by atomic mass is 16.4. The average Bonchev–Trinajstić information content (AvgIpc) is 2.70. The van der Waals surface area contributed by atoms with Crippen LogP contribution < -0.4 is 5.73 Å². The van der Waals surface area contributed by atoms with E-state index in [1.807, 2.05) is 0 Å². The Labute approximate surface area is 114 Å². The van der Waals surface area contributed by atoms with Crippen LogP contribution in [0, 0.1) is 5.92 Å². The van der Waals surface area contributed by atoms with Crippen LogP contribution in [0.5, 0.6) is 0 Å². The van der Waals surface area contributed by atoms with Crippen LogP contribution in [0.1, 0.15) is 50.7 Å². The van der Waals surface area contributed by atoms with E-state index in [4.69, 9.17) is 5.73 Å². The summed E-state index contributed by atoms with van der Waals surface area (Å²) in [6.07, 6.45) is 1.35. The van der Waals surface area contributed by atoms with Gasteiger partial charge < -0.3 is 10.8 Å².